The summed E-state index contributed by atoms with van der Waals surface area (Å²) in [5.41, 5.74) is 3.93. The lowest BCUT2D eigenvalue weighted by Gasteiger charge is -2.02. The van der Waals surface area contributed by atoms with Crippen molar-refractivity contribution in [3.05, 3.63) is 48.5 Å². The molecule has 0 N–H and O–H groups in total. The minimum Gasteiger partial charge on any atom is -0.245 e. The highest BCUT2D eigenvalue weighted by Crippen LogP contribution is 2.11. The van der Waals surface area contributed by atoms with Gasteiger partial charge in [-0.3, -0.25) is 0 Å². The number of hydrogen-bond acceptors (Lipinski definition) is 4. The molecule has 0 radical (unpaired) electrons. The molecule has 0 spiro atoms. The van der Waals surface area contributed by atoms with E-state index in [1.54, 1.807) is 4.80 Å². The SMILES string of the molecule is c1ccc2nn(CCCCn3nnc4ccccc43)nc2c1. The van der Waals surface area contributed by atoms with Crippen molar-refractivity contribution >= 4 is 22.1 Å². The lowest BCUT2D eigenvalue weighted by atomic mass is 10.3. The Morgan fingerprint density at radius 2 is 1.36 bits per heavy atom. The van der Waals surface area contributed by atoms with Gasteiger partial charge in [0.05, 0.1) is 12.1 Å². The van der Waals surface area contributed by atoms with Gasteiger partial charge in [-0.15, -0.1) is 5.10 Å². The van der Waals surface area contributed by atoms with Crippen LogP contribution in [0.1, 0.15) is 12.8 Å². The molecule has 0 unspecified atom stereocenters. The van der Waals surface area contributed by atoms with E-state index < -0.39 is 0 Å². The van der Waals surface area contributed by atoms with E-state index in [4.69, 9.17) is 0 Å². The molecule has 0 fully saturated rings. The summed E-state index contributed by atoms with van der Waals surface area (Å²) in [5, 5.41) is 17.3. The molecule has 0 atom stereocenters. The van der Waals surface area contributed by atoms with Gasteiger partial charge in [0.15, 0.2) is 0 Å². The minimum absolute atomic E-state index is 0.821. The molecule has 22 heavy (non-hydrogen) atoms. The van der Waals surface area contributed by atoms with Gasteiger partial charge in [-0.2, -0.15) is 15.0 Å². The zero-order chi connectivity index (χ0) is 14.8. The number of aryl methyl sites for hydroxylation is 2. The molecule has 4 aromatic rings. The van der Waals surface area contributed by atoms with Gasteiger partial charge >= 0.3 is 0 Å². The molecule has 4 rings (SSSR count). The van der Waals surface area contributed by atoms with Crippen LogP contribution in [-0.4, -0.2) is 30.0 Å². The molecule has 0 bridgehead atoms. The van der Waals surface area contributed by atoms with Crippen LogP contribution in [0.3, 0.4) is 0 Å². The molecule has 0 saturated heterocycles. The Morgan fingerprint density at radius 3 is 2.14 bits per heavy atom. The molecule has 110 valence electrons. The maximum atomic E-state index is 4.47. The summed E-state index contributed by atoms with van der Waals surface area (Å²) in [6.45, 7) is 1.68. The highest BCUT2D eigenvalue weighted by Gasteiger charge is 2.04. The summed E-state index contributed by atoms with van der Waals surface area (Å²) in [5.74, 6) is 0. The first-order valence-electron chi connectivity index (χ1n) is 7.48. The predicted octanol–water partition coefficient (Wildman–Crippen LogP) is 2.66. The van der Waals surface area contributed by atoms with E-state index in [1.807, 2.05) is 47.1 Å². The normalized spacial score (nSPS) is 11.5. The molecule has 0 aliphatic rings. The topological polar surface area (TPSA) is 61.4 Å². The highest BCUT2D eigenvalue weighted by atomic mass is 15.5. The summed E-state index contributed by atoms with van der Waals surface area (Å²) < 4.78 is 1.96. The predicted molar refractivity (Wildman–Crippen MR) is 84.3 cm³/mol. The van der Waals surface area contributed by atoms with Crippen LogP contribution >= 0.6 is 0 Å². The Labute approximate surface area is 127 Å². The maximum absolute atomic E-state index is 4.47. The summed E-state index contributed by atoms with van der Waals surface area (Å²) in [6.07, 6.45) is 2.03. The van der Waals surface area contributed by atoms with E-state index in [9.17, 15) is 0 Å². The average molecular weight is 292 g/mol. The zero-order valence-electron chi connectivity index (χ0n) is 12.1. The van der Waals surface area contributed by atoms with Gasteiger partial charge in [0, 0.05) is 6.54 Å². The number of hydrogen-bond donors (Lipinski definition) is 0. The molecule has 6 nitrogen and oxygen atoms in total. The molecule has 0 aliphatic heterocycles. The van der Waals surface area contributed by atoms with Crippen molar-refractivity contribution in [1.29, 1.82) is 0 Å². The van der Waals surface area contributed by atoms with Gasteiger partial charge in [0.1, 0.15) is 16.6 Å². The fourth-order valence-corrected chi connectivity index (χ4v) is 2.60. The Bertz CT molecular complexity index is 874. The van der Waals surface area contributed by atoms with E-state index in [1.165, 1.54) is 0 Å². The summed E-state index contributed by atoms with van der Waals surface area (Å²) in [6, 6.07) is 16.0. The zero-order valence-corrected chi connectivity index (χ0v) is 12.1. The second kappa shape index (κ2) is 5.55. The Morgan fingerprint density at radius 1 is 0.727 bits per heavy atom. The second-order valence-electron chi connectivity index (χ2n) is 5.29. The number of para-hydroxylation sites is 1. The van der Waals surface area contributed by atoms with E-state index in [2.05, 4.69) is 26.6 Å². The molecule has 0 saturated carbocycles. The number of rotatable bonds is 5. The molecule has 2 aromatic carbocycles. The van der Waals surface area contributed by atoms with Crippen molar-refractivity contribution in [2.45, 2.75) is 25.9 Å². The van der Waals surface area contributed by atoms with Crippen LogP contribution in [0.15, 0.2) is 48.5 Å². The monoisotopic (exact) mass is 292 g/mol. The average Bonchev–Trinajstić information content (AvgIpc) is 3.15. The summed E-state index contributed by atoms with van der Waals surface area (Å²) >= 11 is 0. The summed E-state index contributed by atoms with van der Waals surface area (Å²) in [7, 11) is 0. The van der Waals surface area contributed by atoms with Crippen molar-refractivity contribution < 1.29 is 0 Å². The Kier molecular flexibility index (Phi) is 3.27. The highest BCUT2D eigenvalue weighted by molar-refractivity contribution is 5.74. The number of benzene rings is 2. The van der Waals surface area contributed by atoms with Gasteiger partial charge in [-0.1, -0.05) is 29.5 Å². The van der Waals surface area contributed by atoms with Gasteiger partial charge in [-0.05, 0) is 37.1 Å². The van der Waals surface area contributed by atoms with E-state index in [0.29, 0.717) is 0 Å². The fraction of sp³-hybridized carbons (Fsp3) is 0.250. The third kappa shape index (κ3) is 2.43. The van der Waals surface area contributed by atoms with Crippen molar-refractivity contribution in [3.63, 3.8) is 0 Å². The van der Waals surface area contributed by atoms with Crippen LogP contribution in [0.25, 0.3) is 22.1 Å². The maximum Gasteiger partial charge on any atom is 0.113 e. The molecular formula is C16H16N6. The molecule has 0 aliphatic carbocycles. The van der Waals surface area contributed by atoms with E-state index >= 15 is 0 Å². The van der Waals surface area contributed by atoms with Crippen LogP contribution < -0.4 is 0 Å². The largest absolute Gasteiger partial charge is 0.245 e. The van der Waals surface area contributed by atoms with Gasteiger partial charge in [0.2, 0.25) is 0 Å². The van der Waals surface area contributed by atoms with Gasteiger partial charge < -0.3 is 0 Å². The van der Waals surface area contributed by atoms with Crippen LogP contribution in [0.5, 0.6) is 0 Å². The van der Waals surface area contributed by atoms with Crippen LogP contribution in [-0.2, 0) is 13.1 Å². The second-order valence-corrected chi connectivity index (χ2v) is 5.29. The first-order valence-corrected chi connectivity index (χ1v) is 7.48. The molecule has 2 heterocycles. The van der Waals surface area contributed by atoms with Gasteiger partial charge in [0.25, 0.3) is 0 Å². The molecule has 2 aromatic heterocycles. The molecule has 6 heteroatoms. The third-order valence-electron chi connectivity index (χ3n) is 3.73. The molecular weight excluding hydrogens is 276 g/mol. The number of aromatic nitrogens is 6. The smallest absolute Gasteiger partial charge is 0.113 e. The number of nitrogens with zero attached hydrogens (tertiary/aromatic N) is 6. The van der Waals surface area contributed by atoms with Crippen molar-refractivity contribution in [1.82, 2.24) is 30.0 Å². The van der Waals surface area contributed by atoms with Crippen LogP contribution in [0, 0.1) is 0 Å². The molecule has 0 amide bonds. The first-order chi connectivity index (χ1) is 10.9. The van der Waals surface area contributed by atoms with E-state index in [0.717, 1.165) is 48.0 Å². The van der Waals surface area contributed by atoms with Crippen molar-refractivity contribution in [3.8, 4) is 0 Å². The Hall–Kier alpha value is -2.76. The van der Waals surface area contributed by atoms with Crippen LogP contribution in [0.4, 0.5) is 0 Å². The lowest BCUT2D eigenvalue weighted by Crippen LogP contribution is -2.05. The number of fused-ring (bicyclic) bond motifs is 2. The van der Waals surface area contributed by atoms with E-state index in [-0.39, 0.29) is 0 Å². The fourth-order valence-electron chi connectivity index (χ4n) is 2.60. The standard InChI is InChI=1S/C16H16N6/c1-2-8-14-13(7-1)18-22(19-14)12-6-5-11-21-16-10-4-3-9-15(16)17-20-21/h1-4,7-10H,5-6,11-12H2. The first kappa shape index (κ1) is 12.9. The Balaban J connectivity index is 1.37. The summed E-state index contributed by atoms with van der Waals surface area (Å²) in [4.78, 5) is 1.78. The van der Waals surface area contributed by atoms with Crippen molar-refractivity contribution in [2.24, 2.45) is 0 Å². The number of unbranched alkanes of at least 4 members (excludes halogenated alkanes) is 1. The quantitative estimate of drug-likeness (QED) is 0.531. The third-order valence-corrected chi connectivity index (χ3v) is 3.73. The van der Waals surface area contributed by atoms with Gasteiger partial charge in [-0.25, -0.2) is 4.68 Å². The minimum atomic E-state index is 0.821. The van der Waals surface area contributed by atoms with Crippen LogP contribution in [0.2, 0.25) is 0 Å². The van der Waals surface area contributed by atoms with Crippen molar-refractivity contribution in [2.75, 3.05) is 0 Å². The lowest BCUT2D eigenvalue weighted by molar-refractivity contribution is 0.471.